The molecule has 0 bridgehead atoms. The number of imidazole rings is 1. The van der Waals surface area contributed by atoms with Gasteiger partial charge < -0.3 is 15.0 Å². The van der Waals surface area contributed by atoms with Crippen LogP contribution < -0.4 is 10.1 Å². The van der Waals surface area contributed by atoms with Crippen LogP contribution in [-0.2, 0) is 0 Å². The van der Waals surface area contributed by atoms with Gasteiger partial charge in [-0.1, -0.05) is 0 Å². The van der Waals surface area contributed by atoms with Crippen LogP contribution in [0.15, 0.2) is 12.7 Å². The predicted octanol–water partition coefficient (Wildman–Crippen LogP) is -0.0489. The summed E-state index contributed by atoms with van der Waals surface area (Å²) in [6, 6.07) is 0. The number of nitrogens with zero attached hydrogens (tertiary/aromatic N) is 3. The summed E-state index contributed by atoms with van der Waals surface area (Å²) >= 11 is 0. The fourth-order valence-corrected chi connectivity index (χ4v) is 1.10. The van der Waals surface area contributed by atoms with Crippen molar-refractivity contribution in [3.8, 4) is 5.88 Å². The van der Waals surface area contributed by atoms with Crippen molar-refractivity contribution >= 4 is 11.2 Å². The van der Waals surface area contributed by atoms with Crippen LogP contribution >= 0.6 is 0 Å². The average Bonchev–Trinajstić information content (AvgIpc) is 2.67. The number of fused-ring (bicyclic) bond motifs is 1. The van der Waals surface area contributed by atoms with Gasteiger partial charge in [-0.05, 0) is 7.05 Å². The molecule has 74 valence electrons. The van der Waals surface area contributed by atoms with Gasteiger partial charge in [0.25, 0.3) is 0 Å². The van der Waals surface area contributed by atoms with E-state index in [1.807, 2.05) is 7.05 Å². The van der Waals surface area contributed by atoms with Crippen molar-refractivity contribution < 1.29 is 4.74 Å². The van der Waals surface area contributed by atoms with Gasteiger partial charge in [-0.25, -0.2) is 9.97 Å². The van der Waals surface area contributed by atoms with Gasteiger partial charge in [-0.2, -0.15) is 4.98 Å². The Bertz CT molecular complexity index is 413. The van der Waals surface area contributed by atoms with E-state index in [9.17, 15) is 0 Å². The molecule has 2 heterocycles. The highest BCUT2D eigenvalue weighted by Gasteiger charge is 2.05. The highest BCUT2D eigenvalue weighted by molar-refractivity contribution is 5.74. The number of aromatic nitrogens is 4. The maximum atomic E-state index is 5.43. The van der Waals surface area contributed by atoms with Crippen LogP contribution in [-0.4, -0.2) is 40.1 Å². The molecule has 2 aromatic rings. The number of aromatic amines is 1. The first-order valence-electron chi connectivity index (χ1n) is 4.33. The predicted molar refractivity (Wildman–Crippen MR) is 51.1 cm³/mol. The zero-order chi connectivity index (χ0) is 9.80. The first-order chi connectivity index (χ1) is 6.92. The van der Waals surface area contributed by atoms with E-state index in [1.54, 1.807) is 6.33 Å². The minimum absolute atomic E-state index is 0.544. The molecule has 14 heavy (non-hydrogen) atoms. The lowest BCUT2D eigenvalue weighted by Gasteiger charge is -2.03. The van der Waals surface area contributed by atoms with Crippen LogP contribution in [0, 0.1) is 0 Å². The number of ether oxygens (including phenoxy) is 1. The number of likely N-dealkylation sites (N-methyl/N-ethyl adjacent to an activating group) is 1. The molecule has 2 aromatic heterocycles. The summed E-state index contributed by atoms with van der Waals surface area (Å²) in [7, 11) is 1.87. The van der Waals surface area contributed by atoms with Crippen LogP contribution in [0.1, 0.15) is 0 Å². The summed E-state index contributed by atoms with van der Waals surface area (Å²) in [5, 5.41) is 2.99. The van der Waals surface area contributed by atoms with E-state index < -0.39 is 0 Å². The number of hydrogen-bond donors (Lipinski definition) is 2. The maximum absolute atomic E-state index is 5.43. The lowest BCUT2D eigenvalue weighted by atomic mass is 10.5. The van der Waals surface area contributed by atoms with Gasteiger partial charge in [0.2, 0.25) is 5.88 Å². The Hall–Kier alpha value is -1.69. The quantitative estimate of drug-likeness (QED) is 0.666. The monoisotopic (exact) mass is 193 g/mol. The van der Waals surface area contributed by atoms with Crippen LogP contribution in [0.3, 0.4) is 0 Å². The fraction of sp³-hybridized carbons (Fsp3) is 0.375. The molecule has 0 amide bonds. The van der Waals surface area contributed by atoms with E-state index in [0.717, 1.165) is 12.1 Å². The molecule has 0 saturated carbocycles. The van der Waals surface area contributed by atoms with Crippen LogP contribution in [0.4, 0.5) is 0 Å². The molecule has 0 unspecified atom stereocenters. The highest BCUT2D eigenvalue weighted by Crippen LogP contribution is 2.16. The Labute approximate surface area is 80.7 Å². The Morgan fingerprint density at radius 1 is 1.43 bits per heavy atom. The average molecular weight is 193 g/mol. The first kappa shape index (κ1) is 8.89. The second-order valence-electron chi connectivity index (χ2n) is 2.73. The van der Waals surface area contributed by atoms with Gasteiger partial charge in [0.05, 0.1) is 6.33 Å². The third kappa shape index (κ3) is 1.64. The molecule has 0 fully saturated rings. The molecule has 0 atom stereocenters. The fourth-order valence-electron chi connectivity index (χ4n) is 1.10. The van der Waals surface area contributed by atoms with Crippen molar-refractivity contribution in [3.63, 3.8) is 0 Å². The lowest BCUT2D eigenvalue weighted by molar-refractivity contribution is 0.309. The van der Waals surface area contributed by atoms with Gasteiger partial charge in [0.15, 0.2) is 5.65 Å². The molecule has 6 heteroatoms. The summed E-state index contributed by atoms with van der Waals surface area (Å²) in [5.74, 6) is 0.544. The molecule has 2 N–H and O–H groups in total. The topological polar surface area (TPSA) is 75.7 Å². The molecule has 6 nitrogen and oxygen atoms in total. The van der Waals surface area contributed by atoms with Gasteiger partial charge in [0, 0.05) is 6.54 Å². The normalized spacial score (nSPS) is 10.6. The van der Waals surface area contributed by atoms with Crippen molar-refractivity contribution in [3.05, 3.63) is 12.7 Å². The van der Waals surface area contributed by atoms with Gasteiger partial charge in [0.1, 0.15) is 18.5 Å². The largest absolute Gasteiger partial charge is 0.475 e. The summed E-state index contributed by atoms with van der Waals surface area (Å²) in [4.78, 5) is 14.9. The second kappa shape index (κ2) is 4.01. The Balaban J connectivity index is 2.19. The third-order valence-electron chi connectivity index (χ3n) is 1.78. The van der Waals surface area contributed by atoms with Crippen LogP contribution in [0.5, 0.6) is 5.88 Å². The minimum Gasteiger partial charge on any atom is -0.475 e. The highest BCUT2D eigenvalue weighted by atomic mass is 16.5. The van der Waals surface area contributed by atoms with Crippen LogP contribution in [0.2, 0.25) is 0 Å². The molecule has 0 radical (unpaired) electrons. The number of rotatable bonds is 4. The molecule has 0 aromatic carbocycles. The smallest absolute Gasteiger partial charge is 0.243 e. The summed E-state index contributed by atoms with van der Waals surface area (Å²) in [6.07, 6.45) is 3.02. The van der Waals surface area contributed by atoms with Crippen molar-refractivity contribution in [2.75, 3.05) is 20.2 Å². The lowest BCUT2D eigenvalue weighted by Crippen LogP contribution is -2.16. The Kier molecular flexibility index (Phi) is 2.55. The number of hydrogen-bond acceptors (Lipinski definition) is 5. The summed E-state index contributed by atoms with van der Waals surface area (Å²) in [6.45, 7) is 1.35. The Morgan fingerprint density at radius 2 is 2.36 bits per heavy atom. The van der Waals surface area contributed by atoms with Gasteiger partial charge in [-0.3, -0.25) is 0 Å². The standard InChI is InChI=1S/C8H11N5O/c1-9-2-3-14-8-6-7(11-4-10-6)12-5-13-8/h4-5,9H,2-3H2,1H3,(H,10,11,12,13). The molecule has 0 saturated heterocycles. The zero-order valence-electron chi connectivity index (χ0n) is 7.82. The van der Waals surface area contributed by atoms with Crippen molar-refractivity contribution in [2.45, 2.75) is 0 Å². The van der Waals surface area contributed by atoms with E-state index >= 15 is 0 Å². The summed E-state index contributed by atoms with van der Waals surface area (Å²) < 4.78 is 5.43. The molecule has 0 spiro atoms. The first-order valence-corrected chi connectivity index (χ1v) is 4.33. The van der Waals surface area contributed by atoms with Gasteiger partial charge in [-0.15, -0.1) is 0 Å². The van der Waals surface area contributed by atoms with Gasteiger partial charge >= 0.3 is 0 Å². The van der Waals surface area contributed by atoms with E-state index in [0.29, 0.717) is 18.1 Å². The minimum atomic E-state index is 0.544. The second-order valence-corrected chi connectivity index (χ2v) is 2.73. The Morgan fingerprint density at radius 3 is 3.21 bits per heavy atom. The molecular formula is C8H11N5O. The molecule has 0 aliphatic rings. The van der Waals surface area contributed by atoms with E-state index in [4.69, 9.17) is 4.74 Å². The van der Waals surface area contributed by atoms with E-state index in [2.05, 4.69) is 25.3 Å². The van der Waals surface area contributed by atoms with Crippen molar-refractivity contribution in [2.24, 2.45) is 0 Å². The maximum Gasteiger partial charge on any atom is 0.243 e. The van der Waals surface area contributed by atoms with Crippen molar-refractivity contribution in [1.29, 1.82) is 0 Å². The van der Waals surface area contributed by atoms with Crippen molar-refractivity contribution in [1.82, 2.24) is 25.3 Å². The van der Waals surface area contributed by atoms with Crippen LogP contribution in [0.25, 0.3) is 11.2 Å². The number of H-pyrrole nitrogens is 1. The summed E-state index contributed by atoms with van der Waals surface area (Å²) in [5.41, 5.74) is 1.36. The number of nitrogens with one attached hydrogen (secondary N) is 2. The zero-order valence-corrected chi connectivity index (χ0v) is 7.82. The van der Waals surface area contributed by atoms with E-state index in [-0.39, 0.29) is 0 Å². The molecule has 2 rings (SSSR count). The SMILES string of the molecule is CNCCOc1ncnc2nc[nH]c12. The molecule has 0 aliphatic heterocycles. The van der Waals surface area contributed by atoms with E-state index in [1.165, 1.54) is 6.33 Å². The third-order valence-corrected chi connectivity index (χ3v) is 1.78. The molecular weight excluding hydrogens is 182 g/mol. The molecule has 0 aliphatic carbocycles.